The van der Waals surface area contributed by atoms with E-state index in [9.17, 15) is 8.42 Å². The van der Waals surface area contributed by atoms with Crippen LogP contribution in [0.3, 0.4) is 0 Å². The maximum absolute atomic E-state index is 11.2. The van der Waals surface area contributed by atoms with Gasteiger partial charge in [0.1, 0.15) is 0 Å². The predicted octanol–water partition coefficient (Wildman–Crippen LogP) is 3.00. The second-order valence-corrected chi connectivity index (χ2v) is 6.95. The summed E-state index contributed by atoms with van der Waals surface area (Å²) < 4.78 is 28.9. The molecule has 110 valence electrons. The van der Waals surface area contributed by atoms with Gasteiger partial charge >= 0.3 is 0 Å². The maximum atomic E-state index is 11.2. The van der Waals surface area contributed by atoms with E-state index < -0.39 is 9.24 Å². The molecule has 0 aliphatic carbocycles. The molecule has 0 aromatic carbocycles. The molecule has 0 spiro atoms. The first-order valence-corrected chi connectivity index (χ1v) is 9.16. The molecule has 18 heavy (non-hydrogen) atoms. The van der Waals surface area contributed by atoms with Crippen LogP contribution in [-0.4, -0.2) is 44.9 Å². The van der Waals surface area contributed by atoms with Crippen molar-refractivity contribution in [3.05, 3.63) is 0 Å². The minimum Gasteiger partial charge on any atom is -0.381 e. The fraction of sp³-hybridized carbons (Fsp3) is 1.00. The summed E-state index contributed by atoms with van der Waals surface area (Å²) in [6.07, 6.45) is 5.33. The number of ether oxygens (including phenoxy) is 1. The van der Waals surface area contributed by atoms with Gasteiger partial charge in [-0.3, -0.25) is 0 Å². The van der Waals surface area contributed by atoms with Crippen LogP contribution in [0.4, 0.5) is 0 Å². The van der Waals surface area contributed by atoms with Crippen molar-refractivity contribution in [2.45, 2.75) is 39.0 Å². The van der Waals surface area contributed by atoms with Gasteiger partial charge in [0, 0.05) is 42.9 Å². The summed E-state index contributed by atoms with van der Waals surface area (Å²) in [5.74, 6) is 0.240. The lowest BCUT2D eigenvalue weighted by molar-refractivity contribution is 0.124. The van der Waals surface area contributed by atoms with E-state index >= 15 is 0 Å². The van der Waals surface area contributed by atoms with Crippen LogP contribution in [0.25, 0.3) is 0 Å². The molecular formula is C11H23Cl2NO3S. The standard InChI is InChI=1S/C11H23Cl2NO3S/c1-2-3-4-5-10-17-11-6-8-14(9-7-12)18(13,15)16/h2-11H2,1H3. The van der Waals surface area contributed by atoms with E-state index in [2.05, 4.69) is 6.92 Å². The third-order valence-corrected chi connectivity index (χ3v) is 4.22. The number of nitrogens with zero attached hydrogens (tertiary/aromatic N) is 1. The Morgan fingerprint density at radius 2 is 1.72 bits per heavy atom. The fourth-order valence-corrected chi connectivity index (χ4v) is 2.87. The lowest BCUT2D eigenvalue weighted by Gasteiger charge is -2.16. The minimum absolute atomic E-state index is 0.240. The van der Waals surface area contributed by atoms with E-state index in [1.807, 2.05) is 0 Å². The van der Waals surface area contributed by atoms with Crippen molar-refractivity contribution < 1.29 is 13.2 Å². The third-order valence-electron chi connectivity index (χ3n) is 2.48. The van der Waals surface area contributed by atoms with Crippen molar-refractivity contribution in [2.24, 2.45) is 0 Å². The molecule has 0 saturated carbocycles. The van der Waals surface area contributed by atoms with Crippen LogP contribution in [-0.2, 0) is 14.0 Å². The first-order valence-electron chi connectivity index (χ1n) is 6.35. The molecule has 7 heteroatoms. The molecule has 0 saturated heterocycles. The van der Waals surface area contributed by atoms with Crippen molar-refractivity contribution in [1.82, 2.24) is 4.31 Å². The lowest BCUT2D eigenvalue weighted by Crippen LogP contribution is -2.30. The smallest absolute Gasteiger partial charge is 0.299 e. The monoisotopic (exact) mass is 319 g/mol. The van der Waals surface area contributed by atoms with Gasteiger partial charge in [-0.1, -0.05) is 26.2 Å². The second kappa shape index (κ2) is 11.3. The number of hydrogen-bond donors (Lipinski definition) is 0. The number of alkyl halides is 1. The number of rotatable bonds is 12. The van der Waals surface area contributed by atoms with E-state index in [1.54, 1.807) is 0 Å². The zero-order valence-electron chi connectivity index (χ0n) is 10.9. The van der Waals surface area contributed by atoms with E-state index in [0.717, 1.165) is 13.0 Å². The zero-order chi connectivity index (χ0) is 13.9. The first-order chi connectivity index (χ1) is 8.52. The zero-order valence-corrected chi connectivity index (χ0v) is 13.2. The highest BCUT2D eigenvalue weighted by molar-refractivity contribution is 8.11. The maximum Gasteiger partial charge on any atom is 0.299 e. The summed E-state index contributed by atoms with van der Waals surface area (Å²) in [5, 5.41) is 0. The Balaban J connectivity index is 3.56. The minimum atomic E-state index is -3.67. The third kappa shape index (κ3) is 10.4. The van der Waals surface area contributed by atoms with Gasteiger partial charge in [0.25, 0.3) is 9.24 Å². The summed E-state index contributed by atoms with van der Waals surface area (Å²) >= 11 is 5.52. The summed E-state index contributed by atoms with van der Waals surface area (Å²) in [5.41, 5.74) is 0. The number of halogens is 2. The Labute approximate surface area is 120 Å². The quantitative estimate of drug-likeness (QED) is 0.315. The van der Waals surface area contributed by atoms with Gasteiger partial charge in [-0.2, -0.15) is 12.7 Å². The molecule has 4 nitrogen and oxygen atoms in total. The molecule has 0 N–H and O–H groups in total. The molecule has 0 amide bonds. The molecule has 0 aromatic rings. The highest BCUT2D eigenvalue weighted by Gasteiger charge is 2.17. The Morgan fingerprint density at radius 1 is 1.06 bits per heavy atom. The van der Waals surface area contributed by atoms with Gasteiger partial charge in [-0.25, -0.2) is 0 Å². The van der Waals surface area contributed by atoms with Crippen LogP contribution in [0, 0.1) is 0 Å². The van der Waals surface area contributed by atoms with E-state index in [1.165, 1.54) is 23.6 Å². The number of unbranched alkanes of at least 4 members (excludes halogenated alkanes) is 3. The molecule has 0 unspecified atom stereocenters. The highest BCUT2D eigenvalue weighted by Crippen LogP contribution is 2.07. The summed E-state index contributed by atoms with van der Waals surface area (Å²) in [6, 6.07) is 0. The molecule has 0 rings (SSSR count). The van der Waals surface area contributed by atoms with Crippen LogP contribution in [0.1, 0.15) is 39.0 Å². The highest BCUT2D eigenvalue weighted by atomic mass is 35.7. The molecule has 0 atom stereocenters. The van der Waals surface area contributed by atoms with Crippen LogP contribution < -0.4 is 0 Å². The van der Waals surface area contributed by atoms with Gasteiger partial charge < -0.3 is 4.74 Å². The summed E-state index contributed by atoms with van der Waals surface area (Å²) in [6.45, 7) is 4.05. The van der Waals surface area contributed by atoms with Crippen LogP contribution in [0.15, 0.2) is 0 Å². The molecule has 0 bridgehead atoms. The Bertz CT molecular complexity index is 286. The average Bonchev–Trinajstić information content (AvgIpc) is 2.30. The lowest BCUT2D eigenvalue weighted by atomic mass is 10.2. The molecule has 0 heterocycles. The topological polar surface area (TPSA) is 46.6 Å². The Hall–Kier alpha value is 0.450. The normalized spacial score (nSPS) is 12.2. The van der Waals surface area contributed by atoms with Crippen molar-refractivity contribution in [3.8, 4) is 0 Å². The molecule has 0 aliphatic rings. The Morgan fingerprint density at radius 3 is 2.28 bits per heavy atom. The molecule has 0 radical (unpaired) electrons. The summed E-state index contributed by atoms with van der Waals surface area (Å²) in [7, 11) is 1.61. The van der Waals surface area contributed by atoms with Gasteiger partial charge in [0.05, 0.1) is 0 Å². The average molecular weight is 320 g/mol. The molecular weight excluding hydrogens is 297 g/mol. The first kappa shape index (κ1) is 18.4. The largest absolute Gasteiger partial charge is 0.381 e. The van der Waals surface area contributed by atoms with Gasteiger partial charge in [0.15, 0.2) is 0 Å². The van der Waals surface area contributed by atoms with Crippen molar-refractivity contribution >= 4 is 31.5 Å². The van der Waals surface area contributed by atoms with E-state index in [4.69, 9.17) is 27.0 Å². The molecule has 0 aromatic heterocycles. The SMILES string of the molecule is CCCCCCOCCCN(CCCl)S(=O)(=O)Cl. The van der Waals surface area contributed by atoms with Gasteiger partial charge in [-0.05, 0) is 12.8 Å². The van der Waals surface area contributed by atoms with Gasteiger partial charge in [0.2, 0.25) is 0 Å². The van der Waals surface area contributed by atoms with Crippen LogP contribution >= 0.6 is 22.3 Å². The fourth-order valence-electron chi connectivity index (χ4n) is 1.50. The Kier molecular flexibility index (Phi) is 11.6. The second-order valence-electron chi connectivity index (χ2n) is 4.06. The van der Waals surface area contributed by atoms with Crippen molar-refractivity contribution in [3.63, 3.8) is 0 Å². The van der Waals surface area contributed by atoms with Crippen molar-refractivity contribution in [1.29, 1.82) is 0 Å². The van der Waals surface area contributed by atoms with Crippen LogP contribution in [0.5, 0.6) is 0 Å². The molecule has 0 aliphatic heterocycles. The summed E-state index contributed by atoms with van der Waals surface area (Å²) in [4.78, 5) is 0. The number of hydrogen-bond acceptors (Lipinski definition) is 3. The molecule has 0 fully saturated rings. The predicted molar refractivity (Wildman–Crippen MR) is 76.6 cm³/mol. The van der Waals surface area contributed by atoms with E-state index in [-0.39, 0.29) is 12.4 Å². The van der Waals surface area contributed by atoms with Gasteiger partial charge in [-0.15, -0.1) is 11.6 Å². The van der Waals surface area contributed by atoms with Crippen LogP contribution in [0.2, 0.25) is 0 Å². The van der Waals surface area contributed by atoms with E-state index in [0.29, 0.717) is 19.6 Å². The van der Waals surface area contributed by atoms with Crippen molar-refractivity contribution in [2.75, 3.05) is 32.2 Å².